The molecule has 1 aromatic rings. The van der Waals surface area contributed by atoms with Crippen molar-refractivity contribution in [2.75, 3.05) is 17.4 Å². The minimum atomic E-state index is -0.822. The van der Waals surface area contributed by atoms with Gasteiger partial charge in [0.2, 0.25) is 0 Å². The van der Waals surface area contributed by atoms with Gasteiger partial charge in [-0.1, -0.05) is 19.9 Å². The maximum atomic E-state index is 5.86. The molecule has 1 heterocycles. The smallest absolute Gasteiger partial charge is 0.0801 e. The molecule has 0 fully saturated rings. The fourth-order valence-corrected chi connectivity index (χ4v) is 3.72. The van der Waals surface area contributed by atoms with E-state index in [4.69, 9.17) is 5.73 Å². The lowest BCUT2D eigenvalue weighted by atomic mass is 10.5. The van der Waals surface area contributed by atoms with Crippen molar-refractivity contribution < 1.29 is 0 Å². The Morgan fingerprint density at radius 2 is 2.00 bits per heavy atom. The fraction of sp³-hybridized carbons (Fsp3) is 0.500. The molecule has 0 aliphatic rings. The molecule has 0 radical (unpaired) electrons. The number of nitrogens with two attached hydrogens (primary N) is 1. The normalized spacial score (nSPS) is 12.8. The first-order valence-electron chi connectivity index (χ1n) is 4.66. The van der Waals surface area contributed by atoms with Crippen LogP contribution in [0.5, 0.6) is 0 Å². The van der Waals surface area contributed by atoms with E-state index in [1.807, 2.05) is 18.3 Å². The third kappa shape index (κ3) is 2.03. The minimum absolute atomic E-state index is 0.761. The highest BCUT2D eigenvalue weighted by Crippen LogP contribution is 2.52. The molecule has 1 aromatic heterocycles. The van der Waals surface area contributed by atoms with Crippen molar-refractivity contribution in [1.82, 2.24) is 4.98 Å². The van der Waals surface area contributed by atoms with Gasteiger partial charge < -0.3 is 5.73 Å². The third-order valence-corrected chi connectivity index (χ3v) is 6.48. The summed E-state index contributed by atoms with van der Waals surface area (Å²) in [6.07, 6.45) is 1.86. The van der Waals surface area contributed by atoms with Crippen LogP contribution in [0.15, 0.2) is 29.4 Å². The first kappa shape index (κ1) is 10.5. The number of nitrogens with zero attached hydrogens (tertiary/aromatic N) is 1. The number of aromatic nitrogens is 1. The van der Waals surface area contributed by atoms with E-state index in [0.717, 1.165) is 17.4 Å². The maximum Gasteiger partial charge on any atom is 0.0801 e. The van der Waals surface area contributed by atoms with E-state index in [9.17, 15) is 0 Å². The lowest BCUT2D eigenvalue weighted by Crippen LogP contribution is -2.18. The average Bonchev–Trinajstić information content (AvgIpc) is 2.23. The molecule has 0 saturated carbocycles. The van der Waals surface area contributed by atoms with Crippen LogP contribution in [0.25, 0.3) is 0 Å². The zero-order valence-corrected chi connectivity index (χ0v) is 9.18. The molecule has 0 atom stereocenters. The summed E-state index contributed by atoms with van der Waals surface area (Å²) in [4.78, 5) is 4.42. The molecule has 0 aliphatic carbocycles. The van der Waals surface area contributed by atoms with E-state index in [-0.39, 0.29) is 0 Å². The largest absolute Gasteiger partial charge is 0.323 e. The van der Waals surface area contributed by atoms with E-state index < -0.39 is 10.0 Å². The standard InChI is InChI=1S/C10H18N2S/c1-3-13(4-2,9-11)10-7-5-6-8-12-10/h5-8H,3-4,9,11H2,1-2H3. The molecule has 0 saturated heterocycles. The van der Waals surface area contributed by atoms with E-state index in [2.05, 4.69) is 24.9 Å². The van der Waals surface area contributed by atoms with Crippen LogP contribution in [0.2, 0.25) is 0 Å². The van der Waals surface area contributed by atoms with Crippen LogP contribution < -0.4 is 5.73 Å². The summed E-state index contributed by atoms with van der Waals surface area (Å²) in [5.74, 6) is 3.03. The van der Waals surface area contributed by atoms with Gasteiger partial charge in [0, 0.05) is 12.1 Å². The molecule has 0 amide bonds. The van der Waals surface area contributed by atoms with Crippen LogP contribution in [-0.2, 0) is 0 Å². The third-order valence-electron chi connectivity index (χ3n) is 2.51. The Kier molecular flexibility index (Phi) is 3.75. The second kappa shape index (κ2) is 4.63. The summed E-state index contributed by atoms with van der Waals surface area (Å²) in [6, 6.07) is 6.11. The van der Waals surface area contributed by atoms with E-state index >= 15 is 0 Å². The molecular formula is C10H18N2S. The molecule has 1 rings (SSSR count). The Balaban J connectivity index is 3.01. The van der Waals surface area contributed by atoms with Crippen LogP contribution in [0, 0.1) is 0 Å². The molecule has 0 aromatic carbocycles. The van der Waals surface area contributed by atoms with Crippen molar-refractivity contribution >= 4 is 10.0 Å². The van der Waals surface area contributed by atoms with Gasteiger partial charge in [-0.25, -0.2) is 0 Å². The summed E-state index contributed by atoms with van der Waals surface area (Å²) < 4.78 is 0. The van der Waals surface area contributed by atoms with Crippen molar-refractivity contribution in [3.05, 3.63) is 24.4 Å². The van der Waals surface area contributed by atoms with Crippen LogP contribution in [0.3, 0.4) is 0 Å². The Bertz CT molecular complexity index is 236. The van der Waals surface area contributed by atoms with Gasteiger partial charge >= 0.3 is 0 Å². The number of hydrogen-bond acceptors (Lipinski definition) is 2. The molecule has 2 nitrogen and oxygen atoms in total. The second-order valence-corrected chi connectivity index (χ2v) is 6.95. The predicted octanol–water partition coefficient (Wildman–Crippen LogP) is 2.20. The molecule has 0 aliphatic heterocycles. The maximum absolute atomic E-state index is 5.86. The molecule has 13 heavy (non-hydrogen) atoms. The van der Waals surface area contributed by atoms with Gasteiger partial charge in [-0.05, 0) is 23.6 Å². The van der Waals surface area contributed by atoms with Crippen molar-refractivity contribution in [2.24, 2.45) is 5.73 Å². The zero-order valence-electron chi connectivity index (χ0n) is 8.36. The Morgan fingerprint density at radius 3 is 2.38 bits per heavy atom. The second-order valence-electron chi connectivity index (χ2n) is 2.96. The predicted molar refractivity (Wildman–Crippen MR) is 60.2 cm³/mol. The van der Waals surface area contributed by atoms with Gasteiger partial charge in [0.05, 0.1) is 5.03 Å². The van der Waals surface area contributed by atoms with Crippen LogP contribution in [-0.4, -0.2) is 22.4 Å². The van der Waals surface area contributed by atoms with Crippen LogP contribution in [0.4, 0.5) is 0 Å². The summed E-state index contributed by atoms with van der Waals surface area (Å²) in [5.41, 5.74) is 5.86. The quantitative estimate of drug-likeness (QED) is 0.805. The molecule has 74 valence electrons. The van der Waals surface area contributed by atoms with Gasteiger partial charge in [-0.3, -0.25) is 4.98 Å². The molecule has 0 unspecified atom stereocenters. The number of rotatable bonds is 4. The zero-order chi connectivity index (χ0) is 9.73. The van der Waals surface area contributed by atoms with Crippen LogP contribution in [0.1, 0.15) is 13.8 Å². The Hall–Kier alpha value is -0.540. The van der Waals surface area contributed by atoms with E-state index in [1.165, 1.54) is 5.03 Å². The van der Waals surface area contributed by atoms with E-state index in [1.54, 1.807) is 0 Å². The highest BCUT2D eigenvalue weighted by molar-refractivity contribution is 8.33. The topological polar surface area (TPSA) is 38.9 Å². The van der Waals surface area contributed by atoms with E-state index in [0.29, 0.717) is 0 Å². The summed E-state index contributed by atoms with van der Waals surface area (Å²) >= 11 is 0. The van der Waals surface area contributed by atoms with Gasteiger partial charge in [0.15, 0.2) is 0 Å². The monoisotopic (exact) mass is 198 g/mol. The van der Waals surface area contributed by atoms with Gasteiger partial charge in [0.1, 0.15) is 0 Å². The first-order valence-corrected chi connectivity index (χ1v) is 6.80. The molecule has 0 bridgehead atoms. The van der Waals surface area contributed by atoms with Gasteiger partial charge in [0.25, 0.3) is 0 Å². The highest BCUT2D eigenvalue weighted by Gasteiger charge is 2.21. The molecule has 3 heteroatoms. The summed E-state index contributed by atoms with van der Waals surface area (Å²) in [6.45, 7) is 4.42. The van der Waals surface area contributed by atoms with Crippen molar-refractivity contribution in [2.45, 2.75) is 18.9 Å². The Morgan fingerprint density at radius 1 is 1.31 bits per heavy atom. The average molecular weight is 198 g/mol. The van der Waals surface area contributed by atoms with Gasteiger partial charge in [-0.2, -0.15) is 10.0 Å². The van der Waals surface area contributed by atoms with Gasteiger partial charge in [-0.15, -0.1) is 0 Å². The fourth-order valence-electron chi connectivity index (χ4n) is 1.42. The van der Waals surface area contributed by atoms with Crippen molar-refractivity contribution in [3.8, 4) is 0 Å². The lowest BCUT2D eigenvalue weighted by Gasteiger charge is -2.35. The first-order chi connectivity index (χ1) is 6.29. The minimum Gasteiger partial charge on any atom is -0.323 e. The SMILES string of the molecule is CCS(CC)(CN)c1ccccn1. The summed E-state index contributed by atoms with van der Waals surface area (Å²) in [7, 11) is -0.822. The molecule has 0 spiro atoms. The highest BCUT2D eigenvalue weighted by atomic mass is 32.3. The molecule has 2 N–H and O–H groups in total. The number of pyridine rings is 1. The summed E-state index contributed by atoms with van der Waals surface area (Å²) in [5, 5.41) is 1.21. The lowest BCUT2D eigenvalue weighted by molar-refractivity contribution is 1.09. The van der Waals surface area contributed by atoms with Crippen molar-refractivity contribution in [1.29, 1.82) is 0 Å². The van der Waals surface area contributed by atoms with Crippen LogP contribution >= 0.6 is 10.0 Å². The molecular weight excluding hydrogens is 180 g/mol. The Labute approximate surface area is 81.9 Å². The van der Waals surface area contributed by atoms with Crippen molar-refractivity contribution in [3.63, 3.8) is 0 Å². The number of hydrogen-bond donors (Lipinski definition) is 1.